The Morgan fingerprint density at radius 1 is 1.25 bits per heavy atom. The van der Waals surface area contributed by atoms with E-state index in [0.717, 1.165) is 10.2 Å². The van der Waals surface area contributed by atoms with E-state index in [1.165, 1.54) is 22.9 Å². The molecule has 0 saturated carbocycles. The van der Waals surface area contributed by atoms with Crippen molar-refractivity contribution in [1.82, 2.24) is 25.5 Å². The van der Waals surface area contributed by atoms with Crippen LogP contribution >= 0.6 is 27.5 Å². The minimum Gasteiger partial charge on any atom is -0.345 e. The summed E-state index contributed by atoms with van der Waals surface area (Å²) in [6, 6.07) is 11.4. The van der Waals surface area contributed by atoms with E-state index >= 15 is 0 Å². The first-order valence-corrected chi connectivity index (χ1v) is 7.99. The minimum atomic E-state index is -0.687. The summed E-state index contributed by atoms with van der Waals surface area (Å²) >= 11 is 9.23. The number of rotatable bonds is 4. The fraction of sp³-hybridized carbons (Fsp3) is 0.0667. The molecule has 0 saturated heterocycles. The first-order chi connectivity index (χ1) is 11.6. The van der Waals surface area contributed by atoms with Gasteiger partial charge in [0.15, 0.2) is 5.82 Å². The molecule has 3 aromatic rings. The quantitative estimate of drug-likeness (QED) is 0.717. The normalized spacial score (nSPS) is 10.6. The molecule has 0 aliphatic rings. The molecule has 0 radical (unpaired) electrons. The van der Waals surface area contributed by atoms with Gasteiger partial charge in [-0.25, -0.2) is 4.39 Å². The number of aromatic nitrogens is 4. The molecule has 9 heteroatoms. The zero-order chi connectivity index (χ0) is 17.1. The summed E-state index contributed by atoms with van der Waals surface area (Å²) in [5.74, 6) is -0.922. The molecule has 0 unspecified atom stereocenters. The van der Waals surface area contributed by atoms with E-state index in [0.29, 0.717) is 5.82 Å². The highest BCUT2D eigenvalue weighted by atomic mass is 79.9. The van der Waals surface area contributed by atoms with Crippen LogP contribution in [0.5, 0.6) is 0 Å². The van der Waals surface area contributed by atoms with Crippen molar-refractivity contribution in [1.29, 1.82) is 0 Å². The van der Waals surface area contributed by atoms with E-state index in [1.54, 1.807) is 0 Å². The number of carbonyl (C=O) groups is 1. The predicted molar refractivity (Wildman–Crippen MR) is 89.4 cm³/mol. The van der Waals surface area contributed by atoms with Gasteiger partial charge in [0, 0.05) is 4.47 Å². The zero-order valence-electron chi connectivity index (χ0n) is 12.1. The lowest BCUT2D eigenvalue weighted by Gasteiger charge is -2.08. The van der Waals surface area contributed by atoms with Gasteiger partial charge in [-0.15, -0.1) is 5.10 Å². The van der Waals surface area contributed by atoms with Crippen molar-refractivity contribution < 1.29 is 9.18 Å². The summed E-state index contributed by atoms with van der Waals surface area (Å²) in [5.41, 5.74) is 0.526. The first kappa shape index (κ1) is 16.5. The summed E-state index contributed by atoms with van der Waals surface area (Å²) in [6.45, 7) is 0.0204. The maximum atomic E-state index is 13.8. The number of amides is 1. The zero-order valence-corrected chi connectivity index (χ0v) is 14.4. The molecule has 2 aromatic carbocycles. The predicted octanol–water partition coefficient (Wildman–Crippen LogP) is 3.15. The van der Waals surface area contributed by atoms with Gasteiger partial charge in [-0.3, -0.25) is 4.79 Å². The molecule has 1 N–H and O–H groups in total. The molecule has 1 aromatic heterocycles. The minimum absolute atomic E-state index is 0.0204. The molecule has 6 nitrogen and oxygen atoms in total. The molecule has 0 aliphatic heterocycles. The number of halogens is 3. The van der Waals surface area contributed by atoms with Crippen molar-refractivity contribution in [2.75, 3.05) is 0 Å². The molecule has 0 spiro atoms. The standard InChI is InChI=1S/C15H10BrClFN5O/c16-9-4-6-10(7-5-9)23-13(20-21-22-23)8-19-15(24)14-11(17)2-1-3-12(14)18/h1-7H,8H2,(H,19,24). The maximum Gasteiger partial charge on any atom is 0.256 e. The van der Waals surface area contributed by atoms with E-state index in [2.05, 4.69) is 36.8 Å². The van der Waals surface area contributed by atoms with Crippen molar-refractivity contribution in [2.24, 2.45) is 0 Å². The van der Waals surface area contributed by atoms with Gasteiger partial charge in [-0.2, -0.15) is 4.68 Å². The fourth-order valence-electron chi connectivity index (χ4n) is 2.06. The largest absolute Gasteiger partial charge is 0.345 e. The fourth-order valence-corrected chi connectivity index (χ4v) is 2.57. The van der Waals surface area contributed by atoms with Crippen molar-refractivity contribution in [2.45, 2.75) is 6.54 Å². The van der Waals surface area contributed by atoms with Crippen molar-refractivity contribution in [3.63, 3.8) is 0 Å². The molecule has 0 fully saturated rings. The summed E-state index contributed by atoms with van der Waals surface area (Å²) in [7, 11) is 0. The number of carbonyl (C=O) groups excluding carboxylic acids is 1. The molecule has 122 valence electrons. The van der Waals surface area contributed by atoms with Gasteiger partial charge in [-0.1, -0.05) is 33.6 Å². The average molecular weight is 411 g/mol. The summed E-state index contributed by atoms with van der Waals surface area (Å²) in [4.78, 5) is 12.2. The Labute approximate surface area is 149 Å². The highest BCUT2D eigenvalue weighted by molar-refractivity contribution is 9.10. The molecule has 1 heterocycles. The maximum absolute atomic E-state index is 13.8. The second-order valence-corrected chi connectivity index (χ2v) is 6.09. The van der Waals surface area contributed by atoms with E-state index < -0.39 is 11.7 Å². The lowest BCUT2D eigenvalue weighted by molar-refractivity contribution is 0.0945. The van der Waals surface area contributed by atoms with Gasteiger partial charge in [0.1, 0.15) is 5.82 Å². The number of benzene rings is 2. The summed E-state index contributed by atoms with van der Waals surface area (Å²) in [6.07, 6.45) is 0. The van der Waals surface area contributed by atoms with Crippen LogP contribution in [-0.4, -0.2) is 26.1 Å². The number of tetrazole rings is 1. The summed E-state index contributed by atoms with van der Waals surface area (Å²) in [5, 5.41) is 14.0. The number of hydrogen-bond acceptors (Lipinski definition) is 4. The Kier molecular flexibility index (Phi) is 4.86. The molecule has 0 aliphatic carbocycles. The third-order valence-electron chi connectivity index (χ3n) is 3.20. The van der Waals surface area contributed by atoms with E-state index in [4.69, 9.17) is 11.6 Å². The van der Waals surface area contributed by atoms with E-state index in [-0.39, 0.29) is 17.1 Å². The highest BCUT2D eigenvalue weighted by Crippen LogP contribution is 2.19. The monoisotopic (exact) mass is 409 g/mol. The topological polar surface area (TPSA) is 72.7 Å². The van der Waals surface area contributed by atoms with Crippen LogP contribution in [0.1, 0.15) is 16.2 Å². The molecule has 0 bridgehead atoms. The second-order valence-electron chi connectivity index (χ2n) is 4.76. The lowest BCUT2D eigenvalue weighted by Crippen LogP contribution is -2.26. The highest BCUT2D eigenvalue weighted by Gasteiger charge is 2.17. The van der Waals surface area contributed by atoms with Crippen LogP contribution in [0.25, 0.3) is 5.69 Å². The SMILES string of the molecule is O=C(NCc1nnnn1-c1ccc(Br)cc1)c1c(F)cccc1Cl. The molecular weight excluding hydrogens is 401 g/mol. The van der Waals surface area contributed by atoms with Gasteiger partial charge in [0.05, 0.1) is 22.8 Å². The van der Waals surface area contributed by atoms with E-state index in [9.17, 15) is 9.18 Å². The Bertz CT molecular complexity index is 864. The van der Waals surface area contributed by atoms with Crippen LogP contribution in [-0.2, 0) is 6.54 Å². The van der Waals surface area contributed by atoms with Gasteiger partial charge >= 0.3 is 0 Å². The Hall–Kier alpha value is -2.32. The van der Waals surface area contributed by atoms with Crippen LogP contribution in [0.15, 0.2) is 46.9 Å². The third-order valence-corrected chi connectivity index (χ3v) is 4.05. The van der Waals surface area contributed by atoms with Crippen molar-refractivity contribution >= 4 is 33.4 Å². The molecule has 0 atom stereocenters. The molecular formula is C15H10BrClFN5O. The lowest BCUT2D eigenvalue weighted by atomic mass is 10.2. The van der Waals surface area contributed by atoms with Crippen LogP contribution in [0.3, 0.4) is 0 Å². The first-order valence-electron chi connectivity index (χ1n) is 6.81. The number of hydrogen-bond donors (Lipinski definition) is 1. The number of nitrogens with one attached hydrogen (secondary N) is 1. The molecule has 3 rings (SSSR count). The van der Waals surface area contributed by atoms with Gasteiger partial charge in [0.2, 0.25) is 0 Å². The smallest absolute Gasteiger partial charge is 0.256 e. The average Bonchev–Trinajstić information content (AvgIpc) is 3.02. The van der Waals surface area contributed by atoms with Crippen LogP contribution in [0, 0.1) is 5.82 Å². The summed E-state index contributed by atoms with van der Waals surface area (Å²) < 4.78 is 16.2. The Morgan fingerprint density at radius 3 is 2.71 bits per heavy atom. The van der Waals surface area contributed by atoms with Crippen LogP contribution < -0.4 is 5.32 Å². The molecule has 1 amide bonds. The van der Waals surface area contributed by atoms with Gasteiger partial charge in [0.25, 0.3) is 5.91 Å². The van der Waals surface area contributed by atoms with Gasteiger partial charge < -0.3 is 5.32 Å². The van der Waals surface area contributed by atoms with Gasteiger partial charge in [-0.05, 0) is 46.8 Å². The molecule has 24 heavy (non-hydrogen) atoms. The third kappa shape index (κ3) is 3.44. The van der Waals surface area contributed by atoms with Crippen LogP contribution in [0.4, 0.5) is 4.39 Å². The van der Waals surface area contributed by atoms with Crippen molar-refractivity contribution in [3.8, 4) is 5.69 Å². The Balaban J connectivity index is 1.77. The van der Waals surface area contributed by atoms with E-state index in [1.807, 2.05) is 24.3 Å². The van der Waals surface area contributed by atoms with Crippen LogP contribution in [0.2, 0.25) is 5.02 Å². The second kappa shape index (κ2) is 7.06. The number of nitrogens with zero attached hydrogens (tertiary/aromatic N) is 4. The Morgan fingerprint density at radius 2 is 2.00 bits per heavy atom. The van der Waals surface area contributed by atoms with Crippen molar-refractivity contribution in [3.05, 3.63) is 69.2 Å².